The molecule has 1 N–H and O–H groups in total. The molecule has 0 unspecified atom stereocenters. The second-order valence-electron chi connectivity index (χ2n) is 4.42. The maximum atomic E-state index is 12.4. The summed E-state index contributed by atoms with van der Waals surface area (Å²) in [6.45, 7) is 0. The summed E-state index contributed by atoms with van der Waals surface area (Å²) < 4.78 is 3.55. The Balaban J connectivity index is 1.93. The van der Waals surface area contributed by atoms with Crippen LogP contribution in [0, 0.1) is 0 Å². The van der Waals surface area contributed by atoms with Gasteiger partial charge in [-0.15, -0.1) is 0 Å². The van der Waals surface area contributed by atoms with E-state index in [1.165, 1.54) is 0 Å². The van der Waals surface area contributed by atoms with Crippen molar-refractivity contribution >= 4 is 11.6 Å². The first-order chi connectivity index (χ1) is 9.75. The van der Waals surface area contributed by atoms with Crippen molar-refractivity contribution in [3.8, 4) is 5.82 Å². The van der Waals surface area contributed by atoms with Gasteiger partial charge in [-0.2, -0.15) is 5.10 Å². The molecule has 0 aliphatic carbocycles. The molecular weight excluding hydrogens is 252 g/mol. The van der Waals surface area contributed by atoms with Crippen LogP contribution in [-0.4, -0.2) is 20.3 Å². The molecule has 2 heterocycles. The van der Waals surface area contributed by atoms with E-state index in [1.807, 2.05) is 66.5 Å². The van der Waals surface area contributed by atoms with E-state index in [9.17, 15) is 4.79 Å². The van der Waals surface area contributed by atoms with Crippen molar-refractivity contribution in [3.63, 3.8) is 0 Å². The molecule has 0 fully saturated rings. The summed E-state index contributed by atoms with van der Waals surface area (Å²) in [5.74, 6) is 0.566. The summed E-state index contributed by atoms with van der Waals surface area (Å²) in [5, 5.41) is 7.04. The first-order valence-electron chi connectivity index (χ1n) is 6.27. The van der Waals surface area contributed by atoms with E-state index in [0.29, 0.717) is 5.56 Å². The first kappa shape index (κ1) is 12.2. The van der Waals surface area contributed by atoms with Gasteiger partial charge in [0.1, 0.15) is 11.4 Å². The van der Waals surface area contributed by atoms with Gasteiger partial charge in [0, 0.05) is 25.1 Å². The monoisotopic (exact) mass is 266 g/mol. The van der Waals surface area contributed by atoms with E-state index < -0.39 is 0 Å². The number of nitrogens with zero attached hydrogens (tertiary/aromatic N) is 3. The third kappa shape index (κ3) is 2.21. The minimum absolute atomic E-state index is 0.173. The van der Waals surface area contributed by atoms with Gasteiger partial charge in [-0.3, -0.25) is 9.48 Å². The molecule has 1 aromatic carbocycles. The van der Waals surface area contributed by atoms with Crippen LogP contribution < -0.4 is 5.32 Å². The van der Waals surface area contributed by atoms with Crippen LogP contribution in [0.1, 0.15) is 10.4 Å². The predicted molar refractivity (Wildman–Crippen MR) is 76.9 cm³/mol. The Morgan fingerprint density at radius 3 is 2.50 bits per heavy atom. The van der Waals surface area contributed by atoms with Crippen molar-refractivity contribution in [2.45, 2.75) is 0 Å². The zero-order chi connectivity index (χ0) is 13.9. The van der Waals surface area contributed by atoms with E-state index >= 15 is 0 Å². The Labute approximate surface area is 116 Å². The summed E-state index contributed by atoms with van der Waals surface area (Å²) in [5.41, 5.74) is 1.30. The van der Waals surface area contributed by atoms with Crippen LogP contribution in [0.2, 0.25) is 0 Å². The van der Waals surface area contributed by atoms with E-state index in [2.05, 4.69) is 10.4 Å². The Bertz CT molecular complexity index is 714. The number of nitrogens with one attached hydrogen (secondary N) is 1. The van der Waals surface area contributed by atoms with Crippen LogP contribution in [0.4, 0.5) is 5.69 Å². The smallest absolute Gasteiger partial charge is 0.261 e. The molecule has 0 atom stereocenters. The number of para-hydroxylation sites is 1. The number of hydrogen-bond acceptors (Lipinski definition) is 2. The topological polar surface area (TPSA) is 51.9 Å². The predicted octanol–water partition coefficient (Wildman–Crippen LogP) is 2.46. The number of aryl methyl sites for hydroxylation is 1. The number of rotatable bonds is 3. The molecule has 0 bridgehead atoms. The van der Waals surface area contributed by atoms with Gasteiger partial charge < -0.3 is 9.88 Å². The second-order valence-corrected chi connectivity index (χ2v) is 4.42. The molecule has 5 nitrogen and oxygen atoms in total. The maximum Gasteiger partial charge on any atom is 0.261 e. The highest BCUT2D eigenvalue weighted by Gasteiger charge is 2.17. The Morgan fingerprint density at radius 1 is 1.10 bits per heavy atom. The van der Waals surface area contributed by atoms with Gasteiger partial charge in [0.05, 0.1) is 6.20 Å². The molecule has 100 valence electrons. The number of carbonyl (C=O) groups is 1. The van der Waals surface area contributed by atoms with Gasteiger partial charge in [0.15, 0.2) is 0 Å². The van der Waals surface area contributed by atoms with Crippen LogP contribution in [0.25, 0.3) is 5.82 Å². The molecule has 3 rings (SSSR count). The average Bonchev–Trinajstić information content (AvgIpc) is 3.08. The number of benzene rings is 1. The SMILES string of the molecule is Cn1ncc(C(=O)Nc2ccccc2)c1-n1cccc1. The van der Waals surface area contributed by atoms with E-state index in [4.69, 9.17) is 0 Å². The van der Waals surface area contributed by atoms with Crippen molar-refractivity contribution in [1.29, 1.82) is 0 Å². The number of aromatic nitrogens is 3. The fourth-order valence-electron chi connectivity index (χ4n) is 2.09. The number of amides is 1. The van der Waals surface area contributed by atoms with Crippen molar-refractivity contribution in [2.75, 3.05) is 5.32 Å². The molecule has 2 aromatic heterocycles. The molecule has 3 aromatic rings. The van der Waals surface area contributed by atoms with Gasteiger partial charge in [0.2, 0.25) is 0 Å². The van der Waals surface area contributed by atoms with Gasteiger partial charge >= 0.3 is 0 Å². The molecule has 5 heteroatoms. The molecular formula is C15H14N4O. The average molecular weight is 266 g/mol. The lowest BCUT2D eigenvalue weighted by molar-refractivity contribution is 0.102. The first-order valence-corrected chi connectivity index (χ1v) is 6.27. The summed E-state index contributed by atoms with van der Waals surface area (Å²) in [7, 11) is 1.81. The van der Waals surface area contributed by atoms with Crippen LogP contribution in [-0.2, 0) is 7.05 Å². The Hall–Kier alpha value is -2.82. The third-order valence-corrected chi connectivity index (χ3v) is 3.03. The highest BCUT2D eigenvalue weighted by molar-refractivity contribution is 6.06. The molecule has 0 spiro atoms. The van der Waals surface area contributed by atoms with Crippen molar-refractivity contribution in [2.24, 2.45) is 7.05 Å². The molecule has 0 aliphatic rings. The highest BCUT2D eigenvalue weighted by Crippen LogP contribution is 2.16. The standard InChI is InChI=1S/C15H14N4O/c1-18-15(19-9-5-6-10-19)13(11-16-18)14(20)17-12-7-3-2-4-8-12/h2-11H,1H3,(H,17,20). The molecule has 0 radical (unpaired) electrons. The maximum absolute atomic E-state index is 12.4. The number of carbonyl (C=O) groups excluding carboxylic acids is 1. The van der Waals surface area contributed by atoms with Gasteiger partial charge in [-0.25, -0.2) is 0 Å². The number of anilines is 1. The fraction of sp³-hybridized carbons (Fsp3) is 0.0667. The molecule has 0 aliphatic heterocycles. The molecule has 0 saturated carbocycles. The van der Waals surface area contributed by atoms with E-state index in [-0.39, 0.29) is 5.91 Å². The van der Waals surface area contributed by atoms with Gasteiger partial charge in [-0.1, -0.05) is 18.2 Å². The normalized spacial score (nSPS) is 10.4. The largest absolute Gasteiger partial charge is 0.322 e. The third-order valence-electron chi connectivity index (χ3n) is 3.03. The minimum atomic E-state index is -0.173. The summed E-state index contributed by atoms with van der Waals surface area (Å²) >= 11 is 0. The minimum Gasteiger partial charge on any atom is -0.322 e. The summed E-state index contributed by atoms with van der Waals surface area (Å²) in [6.07, 6.45) is 5.35. The lowest BCUT2D eigenvalue weighted by atomic mass is 10.2. The van der Waals surface area contributed by atoms with Crippen LogP contribution in [0.5, 0.6) is 0 Å². The van der Waals surface area contributed by atoms with Crippen LogP contribution in [0.15, 0.2) is 61.1 Å². The van der Waals surface area contributed by atoms with Crippen molar-refractivity contribution < 1.29 is 4.79 Å². The van der Waals surface area contributed by atoms with Crippen molar-refractivity contribution in [3.05, 3.63) is 66.6 Å². The fourth-order valence-corrected chi connectivity index (χ4v) is 2.09. The van der Waals surface area contributed by atoms with Gasteiger partial charge in [0.25, 0.3) is 5.91 Å². The zero-order valence-corrected chi connectivity index (χ0v) is 11.0. The Kier molecular flexibility index (Phi) is 3.09. The van der Waals surface area contributed by atoms with Crippen molar-refractivity contribution in [1.82, 2.24) is 14.3 Å². The Morgan fingerprint density at radius 2 is 1.80 bits per heavy atom. The number of hydrogen-bond donors (Lipinski definition) is 1. The molecule has 1 amide bonds. The van der Waals surface area contributed by atoms with E-state index in [1.54, 1.807) is 10.9 Å². The molecule has 20 heavy (non-hydrogen) atoms. The van der Waals surface area contributed by atoms with E-state index in [0.717, 1.165) is 11.5 Å². The zero-order valence-electron chi connectivity index (χ0n) is 11.0. The van der Waals surface area contributed by atoms with Crippen LogP contribution in [0.3, 0.4) is 0 Å². The molecule has 0 saturated heterocycles. The summed E-state index contributed by atoms with van der Waals surface area (Å²) in [4.78, 5) is 12.4. The second kappa shape index (κ2) is 5.05. The van der Waals surface area contributed by atoms with Crippen LogP contribution >= 0.6 is 0 Å². The van der Waals surface area contributed by atoms with Gasteiger partial charge in [-0.05, 0) is 24.3 Å². The summed E-state index contributed by atoms with van der Waals surface area (Å²) in [6, 6.07) is 13.2. The highest BCUT2D eigenvalue weighted by atomic mass is 16.1. The lowest BCUT2D eigenvalue weighted by Gasteiger charge is -2.08. The lowest BCUT2D eigenvalue weighted by Crippen LogP contribution is -2.14. The quantitative estimate of drug-likeness (QED) is 0.791.